The minimum Gasteiger partial charge on any atom is -0.496 e. The molecule has 2 aromatic heterocycles. The second-order valence-electron chi connectivity index (χ2n) is 9.63. The van der Waals surface area contributed by atoms with Crippen LogP contribution in [0.5, 0.6) is 28.9 Å². The fraction of sp³-hybridized carbons (Fsp3) is 0.300. The summed E-state index contributed by atoms with van der Waals surface area (Å²) in [6, 6.07) is 12.8. The highest BCUT2D eigenvalue weighted by atomic mass is 32.2. The molecule has 14 nitrogen and oxygen atoms in total. The molecule has 0 saturated carbocycles. The lowest BCUT2D eigenvalue weighted by atomic mass is 10.1. The zero-order chi connectivity index (χ0) is 31.8. The molecule has 0 spiro atoms. The average molecular weight is 637 g/mol. The summed E-state index contributed by atoms with van der Waals surface area (Å²) in [5.74, 6) is 0.771. The van der Waals surface area contributed by atoms with E-state index in [-0.39, 0.29) is 58.5 Å². The number of ether oxygens (including phenoxy) is 5. The number of carbonyl (C=O) groups excluding carboxylic acids is 1. The fourth-order valence-corrected chi connectivity index (χ4v) is 5.63. The van der Waals surface area contributed by atoms with Gasteiger partial charge in [0.1, 0.15) is 5.75 Å². The Balaban J connectivity index is 1.50. The van der Waals surface area contributed by atoms with Gasteiger partial charge in [0.05, 0.1) is 39.4 Å². The highest BCUT2D eigenvalue weighted by Crippen LogP contribution is 2.41. The lowest BCUT2D eigenvalue weighted by molar-refractivity contribution is -0.135. The molecule has 1 saturated heterocycles. The van der Waals surface area contributed by atoms with Crippen LogP contribution in [0.25, 0.3) is 11.6 Å². The second-order valence-corrected chi connectivity index (χ2v) is 11.3. The van der Waals surface area contributed by atoms with Gasteiger partial charge in [0.2, 0.25) is 17.5 Å². The normalized spacial score (nSPS) is 13.2. The van der Waals surface area contributed by atoms with Gasteiger partial charge in [-0.2, -0.15) is 4.98 Å². The molecule has 1 N–H and O–H groups in total. The second kappa shape index (κ2) is 14.2. The Morgan fingerprint density at radius 2 is 1.60 bits per heavy atom. The first-order valence-electron chi connectivity index (χ1n) is 13.9. The number of nitrogens with zero attached hydrogens (tertiary/aromatic N) is 5. The minimum absolute atomic E-state index is 0.00503. The molecule has 3 heterocycles. The van der Waals surface area contributed by atoms with Gasteiger partial charge in [0, 0.05) is 31.9 Å². The van der Waals surface area contributed by atoms with Gasteiger partial charge in [0.15, 0.2) is 23.1 Å². The van der Waals surface area contributed by atoms with E-state index in [0.29, 0.717) is 43.4 Å². The summed E-state index contributed by atoms with van der Waals surface area (Å²) in [6.45, 7) is 2.02. The maximum atomic E-state index is 13.9. The molecule has 0 unspecified atom stereocenters. The largest absolute Gasteiger partial charge is 0.496 e. The Hall–Kier alpha value is -5.02. The van der Waals surface area contributed by atoms with Crippen molar-refractivity contribution in [3.63, 3.8) is 0 Å². The predicted molar refractivity (Wildman–Crippen MR) is 162 cm³/mol. The van der Waals surface area contributed by atoms with Crippen LogP contribution >= 0.6 is 0 Å². The Kier molecular flexibility index (Phi) is 9.89. The Bertz CT molecular complexity index is 1750. The quantitative estimate of drug-likeness (QED) is 0.242. The maximum absolute atomic E-state index is 13.9. The molecule has 236 valence electrons. The van der Waals surface area contributed by atoms with Crippen molar-refractivity contribution < 1.29 is 36.9 Å². The number of rotatable bonds is 12. The van der Waals surface area contributed by atoms with E-state index in [2.05, 4.69) is 24.7 Å². The van der Waals surface area contributed by atoms with Crippen molar-refractivity contribution in [3.8, 4) is 40.5 Å². The molecule has 1 fully saturated rings. The molecule has 15 heteroatoms. The van der Waals surface area contributed by atoms with Gasteiger partial charge < -0.3 is 28.6 Å². The topological polar surface area (TPSA) is 164 Å². The minimum atomic E-state index is -4.29. The number of anilines is 1. The highest BCUT2D eigenvalue weighted by Gasteiger charge is 2.26. The third-order valence-electron chi connectivity index (χ3n) is 6.84. The van der Waals surface area contributed by atoms with Crippen molar-refractivity contribution in [2.75, 3.05) is 52.4 Å². The molecular formula is C30H32N6O8S. The number of amides is 1. The van der Waals surface area contributed by atoms with Crippen LogP contribution < -0.4 is 23.7 Å². The van der Waals surface area contributed by atoms with Crippen LogP contribution in [0.2, 0.25) is 0 Å². The maximum Gasteiger partial charge on any atom is 0.263 e. The number of hydrogen-bond acceptors (Lipinski definition) is 12. The molecule has 0 aliphatic carbocycles. The molecule has 4 aromatic rings. The summed E-state index contributed by atoms with van der Waals surface area (Å²) in [4.78, 5) is 31.6. The van der Waals surface area contributed by atoms with Crippen molar-refractivity contribution in [2.45, 2.75) is 17.7 Å². The molecule has 0 atom stereocenters. The number of methoxy groups -OCH3 is 3. The van der Waals surface area contributed by atoms with Crippen molar-refractivity contribution in [3.05, 3.63) is 66.5 Å². The standard InChI is InChI=1S/C30H32N6O8S/c1-40-22-11-10-21(19-20(22)9-12-25(37)36-15-17-43-18-16-36)45(38,39)35-27-26(44-24-8-5-4-7-23(24)41-2)30(42-3)34-29(33-27)28-31-13-6-14-32-28/h4-8,10-11,13-14,19H,9,12,15-18H2,1-3H3,(H,33,34,35). The summed E-state index contributed by atoms with van der Waals surface area (Å²) < 4.78 is 58.0. The number of sulfonamides is 1. The third kappa shape index (κ3) is 7.38. The summed E-state index contributed by atoms with van der Waals surface area (Å²) in [5.41, 5.74) is 0.547. The van der Waals surface area contributed by atoms with Crippen molar-refractivity contribution >= 4 is 21.7 Å². The van der Waals surface area contributed by atoms with Crippen LogP contribution in [0.4, 0.5) is 5.82 Å². The number of benzene rings is 2. The van der Waals surface area contributed by atoms with Crippen molar-refractivity contribution in [1.29, 1.82) is 0 Å². The van der Waals surface area contributed by atoms with Gasteiger partial charge in [-0.3, -0.25) is 9.52 Å². The highest BCUT2D eigenvalue weighted by molar-refractivity contribution is 7.92. The van der Waals surface area contributed by atoms with Gasteiger partial charge in [-0.05, 0) is 48.4 Å². The van der Waals surface area contributed by atoms with E-state index in [1.165, 1.54) is 45.9 Å². The molecule has 1 aliphatic rings. The Morgan fingerprint density at radius 1 is 0.889 bits per heavy atom. The van der Waals surface area contributed by atoms with E-state index in [0.717, 1.165) is 0 Å². The third-order valence-corrected chi connectivity index (χ3v) is 8.18. The first-order valence-corrected chi connectivity index (χ1v) is 15.4. The zero-order valence-corrected chi connectivity index (χ0v) is 25.7. The number of nitrogens with one attached hydrogen (secondary N) is 1. The van der Waals surface area contributed by atoms with Crippen molar-refractivity contribution in [2.24, 2.45) is 0 Å². The SMILES string of the molecule is COc1ccc(S(=O)(=O)Nc2nc(-c3ncccn3)nc(OC)c2Oc2ccccc2OC)cc1CCC(=O)N1CCOCC1. The number of morpholine rings is 1. The molecule has 1 aliphatic heterocycles. The Labute approximate surface area is 260 Å². The first-order chi connectivity index (χ1) is 21.8. The summed E-state index contributed by atoms with van der Waals surface area (Å²) in [6.07, 6.45) is 3.45. The van der Waals surface area contributed by atoms with E-state index < -0.39 is 10.0 Å². The first kappa shape index (κ1) is 31.4. The van der Waals surface area contributed by atoms with Crippen LogP contribution in [0.3, 0.4) is 0 Å². The predicted octanol–water partition coefficient (Wildman–Crippen LogP) is 3.34. The molecule has 1 amide bonds. The summed E-state index contributed by atoms with van der Waals surface area (Å²) >= 11 is 0. The molecule has 5 rings (SSSR count). The summed E-state index contributed by atoms with van der Waals surface area (Å²) in [5, 5.41) is 0. The van der Waals surface area contributed by atoms with Gasteiger partial charge in [-0.15, -0.1) is 0 Å². The van der Waals surface area contributed by atoms with E-state index >= 15 is 0 Å². The lowest BCUT2D eigenvalue weighted by Gasteiger charge is -2.27. The number of para-hydroxylation sites is 2. The number of aryl methyl sites for hydroxylation is 1. The van der Waals surface area contributed by atoms with Crippen LogP contribution in [0.15, 0.2) is 65.8 Å². The fourth-order valence-electron chi connectivity index (χ4n) is 4.57. The monoisotopic (exact) mass is 636 g/mol. The summed E-state index contributed by atoms with van der Waals surface area (Å²) in [7, 11) is 0.0312. The van der Waals surface area contributed by atoms with Gasteiger partial charge in [-0.1, -0.05) is 12.1 Å². The number of hydrogen-bond donors (Lipinski definition) is 1. The molecule has 45 heavy (non-hydrogen) atoms. The van der Waals surface area contributed by atoms with Crippen molar-refractivity contribution in [1.82, 2.24) is 24.8 Å². The molecular weight excluding hydrogens is 604 g/mol. The molecule has 2 aromatic carbocycles. The van der Waals surface area contributed by atoms with Gasteiger partial charge >= 0.3 is 0 Å². The van der Waals surface area contributed by atoms with Crippen LogP contribution in [-0.4, -0.2) is 86.8 Å². The smallest absolute Gasteiger partial charge is 0.263 e. The lowest BCUT2D eigenvalue weighted by Crippen LogP contribution is -2.40. The van der Waals surface area contributed by atoms with Gasteiger partial charge in [0.25, 0.3) is 15.9 Å². The van der Waals surface area contributed by atoms with E-state index in [1.807, 2.05) is 0 Å². The zero-order valence-electron chi connectivity index (χ0n) is 24.9. The van der Waals surface area contributed by atoms with E-state index in [4.69, 9.17) is 23.7 Å². The van der Waals surface area contributed by atoms with Gasteiger partial charge in [-0.25, -0.2) is 23.4 Å². The number of carbonyl (C=O) groups is 1. The van der Waals surface area contributed by atoms with Crippen LogP contribution in [-0.2, 0) is 26.0 Å². The number of aromatic nitrogens is 4. The van der Waals surface area contributed by atoms with E-state index in [1.54, 1.807) is 41.3 Å². The molecule has 0 bridgehead atoms. The average Bonchev–Trinajstić information content (AvgIpc) is 3.08. The van der Waals surface area contributed by atoms with Crippen LogP contribution in [0.1, 0.15) is 12.0 Å². The molecule has 0 radical (unpaired) electrons. The Morgan fingerprint density at radius 3 is 2.29 bits per heavy atom. The van der Waals surface area contributed by atoms with Crippen LogP contribution in [0, 0.1) is 0 Å². The van der Waals surface area contributed by atoms with E-state index in [9.17, 15) is 13.2 Å².